The van der Waals surface area contributed by atoms with Crippen molar-refractivity contribution >= 4 is 11.6 Å². The highest BCUT2D eigenvalue weighted by Crippen LogP contribution is 2.27. The molecule has 2 N–H and O–H groups in total. The van der Waals surface area contributed by atoms with E-state index >= 15 is 0 Å². The van der Waals surface area contributed by atoms with Gasteiger partial charge in [-0.3, -0.25) is 0 Å². The third-order valence-electron chi connectivity index (χ3n) is 3.75. The van der Waals surface area contributed by atoms with E-state index in [0.29, 0.717) is 0 Å². The molecule has 0 amide bonds. The Bertz CT molecular complexity index is 372. The van der Waals surface area contributed by atoms with E-state index in [0.717, 1.165) is 36.2 Å². The third kappa shape index (κ3) is 3.34. The molecule has 1 aliphatic rings. The minimum absolute atomic E-state index is 0.888. The lowest BCUT2D eigenvalue weighted by Crippen LogP contribution is -2.11. The van der Waals surface area contributed by atoms with Crippen LogP contribution in [0.2, 0.25) is 0 Å². The minimum Gasteiger partial charge on any atom is -0.370 e. The predicted molar refractivity (Wildman–Crippen MR) is 76.0 cm³/mol. The molecule has 0 atom stereocenters. The summed E-state index contributed by atoms with van der Waals surface area (Å²) in [4.78, 5) is 8.58. The van der Waals surface area contributed by atoms with E-state index in [1.54, 1.807) is 6.33 Å². The molecule has 0 saturated heterocycles. The second kappa shape index (κ2) is 6.57. The Morgan fingerprint density at radius 3 is 2.50 bits per heavy atom. The van der Waals surface area contributed by atoms with Crippen LogP contribution in [-0.4, -0.2) is 23.1 Å². The van der Waals surface area contributed by atoms with E-state index in [-0.39, 0.29) is 0 Å². The molecule has 1 aromatic heterocycles. The molecular formula is C14H24N4. The highest BCUT2D eigenvalue weighted by Gasteiger charge is 2.14. The summed E-state index contributed by atoms with van der Waals surface area (Å²) < 4.78 is 0. The van der Waals surface area contributed by atoms with E-state index in [9.17, 15) is 0 Å². The first-order valence-corrected chi connectivity index (χ1v) is 7.10. The SMILES string of the molecule is CCNc1ncnc(NCCC2CCCC2)c1C. The summed E-state index contributed by atoms with van der Waals surface area (Å²) in [6.45, 7) is 6.05. The molecule has 1 aliphatic carbocycles. The normalized spacial score (nSPS) is 15.9. The van der Waals surface area contributed by atoms with Crippen molar-refractivity contribution in [1.29, 1.82) is 0 Å². The smallest absolute Gasteiger partial charge is 0.134 e. The maximum Gasteiger partial charge on any atom is 0.134 e. The summed E-state index contributed by atoms with van der Waals surface area (Å²) in [6, 6.07) is 0. The number of nitrogens with zero attached hydrogens (tertiary/aromatic N) is 2. The number of hydrogen-bond donors (Lipinski definition) is 2. The molecule has 100 valence electrons. The fraction of sp³-hybridized carbons (Fsp3) is 0.714. The molecule has 0 spiro atoms. The molecule has 0 radical (unpaired) electrons. The van der Waals surface area contributed by atoms with Crippen LogP contribution in [0.3, 0.4) is 0 Å². The average Bonchev–Trinajstić information content (AvgIpc) is 2.87. The first kappa shape index (κ1) is 13.1. The molecule has 18 heavy (non-hydrogen) atoms. The van der Waals surface area contributed by atoms with Crippen LogP contribution >= 0.6 is 0 Å². The maximum absolute atomic E-state index is 4.32. The number of anilines is 2. The van der Waals surface area contributed by atoms with Crippen molar-refractivity contribution in [1.82, 2.24) is 9.97 Å². The molecule has 1 saturated carbocycles. The van der Waals surface area contributed by atoms with Crippen LogP contribution < -0.4 is 10.6 Å². The van der Waals surface area contributed by atoms with Crippen LogP contribution in [0, 0.1) is 12.8 Å². The Morgan fingerprint density at radius 1 is 1.17 bits per heavy atom. The van der Waals surface area contributed by atoms with Crippen LogP contribution in [0.15, 0.2) is 6.33 Å². The molecule has 0 bridgehead atoms. The molecule has 4 heteroatoms. The van der Waals surface area contributed by atoms with Crippen LogP contribution in [0.4, 0.5) is 11.6 Å². The monoisotopic (exact) mass is 248 g/mol. The van der Waals surface area contributed by atoms with E-state index in [1.165, 1.54) is 32.1 Å². The topological polar surface area (TPSA) is 49.8 Å². The third-order valence-corrected chi connectivity index (χ3v) is 3.75. The Hall–Kier alpha value is -1.32. The van der Waals surface area contributed by atoms with E-state index in [2.05, 4.69) is 34.4 Å². The minimum atomic E-state index is 0.888. The van der Waals surface area contributed by atoms with Crippen molar-refractivity contribution in [3.63, 3.8) is 0 Å². The average molecular weight is 248 g/mol. The molecule has 1 heterocycles. The summed E-state index contributed by atoms with van der Waals surface area (Å²) in [5.74, 6) is 2.84. The quantitative estimate of drug-likeness (QED) is 0.811. The van der Waals surface area contributed by atoms with Gasteiger partial charge >= 0.3 is 0 Å². The van der Waals surface area contributed by atoms with Gasteiger partial charge in [0.2, 0.25) is 0 Å². The maximum atomic E-state index is 4.32. The van der Waals surface area contributed by atoms with Crippen molar-refractivity contribution < 1.29 is 0 Å². The van der Waals surface area contributed by atoms with Crippen LogP contribution in [0.1, 0.15) is 44.6 Å². The lowest BCUT2D eigenvalue weighted by atomic mass is 10.0. The van der Waals surface area contributed by atoms with Gasteiger partial charge in [-0.25, -0.2) is 9.97 Å². The summed E-state index contributed by atoms with van der Waals surface area (Å²) in [7, 11) is 0. The van der Waals surface area contributed by atoms with Gasteiger partial charge in [-0.05, 0) is 26.2 Å². The van der Waals surface area contributed by atoms with Crippen molar-refractivity contribution in [2.75, 3.05) is 23.7 Å². The Morgan fingerprint density at radius 2 is 1.83 bits per heavy atom. The summed E-state index contributed by atoms with van der Waals surface area (Å²) >= 11 is 0. The zero-order valence-electron chi connectivity index (χ0n) is 11.5. The van der Waals surface area contributed by atoms with Gasteiger partial charge in [-0.2, -0.15) is 0 Å². The van der Waals surface area contributed by atoms with Crippen molar-refractivity contribution in [3.8, 4) is 0 Å². The molecule has 0 aliphatic heterocycles. The van der Waals surface area contributed by atoms with Crippen molar-refractivity contribution in [2.45, 2.75) is 46.0 Å². The van der Waals surface area contributed by atoms with Crippen LogP contribution in [-0.2, 0) is 0 Å². The fourth-order valence-electron chi connectivity index (χ4n) is 2.67. The summed E-state index contributed by atoms with van der Waals surface area (Å²) in [5, 5.41) is 6.70. The zero-order chi connectivity index (χ0) is 12.8. The highest BCUT2D eigenvalue weighted by atomic mass is 15.1. The Labute approximate surface area is 110 Å². The van der Waals surface area contributed by atoms with Crippen molar-refractivity contribution in [2.24, 2.45) is 5.92 Å². The van der Waals surface area contributed by atoms with Crippen LogP contribution in [0.5, 0.6) is 0 Å². The van der Waals surface area contributed by atoms with Gasteiger partial charge in [0.1, 0.15) is 18.0 Å². The predicted octanol–water partition coefficient (Wildman–Crippen LogP) is 3.21. The van der Waals surface area contributed by atoms with E-state index in [1.807, 2.05) is 0 Å². The van der Waals surface area contributed by atoms with Crippen LogP contribution in [0.25, 0.3) is 0 Å². The standard InChI is InChI=1S/C14H24N4/c1-3-15-13-11(2)14(18-10-17-13)16-9-8-12-6-4-5-7-12/h10,12H,3-9H2,1-2H3,(H2,15,16,17,18). The Kier molecular flexibility index (Phi) is 4.79. The summed E-state index contributed by atoms with van der Waals surface area (Å²) in [5.41, 5.74) is 1.12. The van der Waals surface area contributed by atoms with Gasteiger partial charge in [0.05, 0.1) is 0 Å². The second-order valence-corrected chi connectivity index (χ2v) is 5.09. The Balaban J connectivity index is 1.86. The first-order valence-electron chi connectivity index (χ1n) is 7.10. The molecule has 1 fully saturated rings. The van der Waals surface area contributed by atoms with Gasteiger partial charge < -0.3 is 10.6 Å². The number of hydrogen-bond acceptors (Lipinski definition) is 4. The van der Waals surface area contributed by atoms with Gasteiger partial charge in [-0.1, -0.05) is 25.7 Å². The molecule has 0 unspecified atom stereocenters. The fourth-order valence-corrected chi connectivity index (χ4v) is 2.67. The van der Waals surface area contributed by atoms with Gasteiger partial charge in [-0.15, -0.1) is 0 Å². The molecule has 1 aromatic rings. The van der Waals surface area contributed by atoms with Gasteiger partial charge in [0, 0.05) is 18.7 Å². The lowest BCUT2D eigenvalue weighted by molar-refractivity contribution is 0.518. The zero-order valence-corrected chi connectivity index (χ0v) is 11.5. The molecule has 2 rings (SSSR count). The lowest BCUT2D eigenvalue weighted by Gasteiger charge is -2.13. The molecule has 4 nitrogen and oxygen atoms in total. The molecular weight excluding hydrogens is 224 g/mol. The highest BCUT2D eigenvalue weighted by molar-refractivity contribution is 5.56. The van der Waals surface area contributed by atoms with E-state index < -0.39 is 0 Å². The van der Waals surface area contributed by atoms with Gasteiger partial charge in [0.15, 0.2) is 0 Å². The number of aromatic nitrogens is 2. The number of nitrogens with one attached hydrogen (secondary N) is 2. The van der Waals surface area contributed by atoms with Gasteiger partial charge in [0.25, 0.3) is 0 Å². The second-order valence-electron chi connectivity index (χ2n) is 5.09. The number of rotatable bonds is 6. The summed E-state index contributed by atoms with van der Waals surface area (Å²) in [6.07, 6.45) is 8.55. The largest absolute Gasteiger partial charge is 0.370 e. The van der Waals surface area contributed by atoms with E-state index in [4.69, 9.17) is 0 Å². The van der Waals surface area contributed by atoms with Crippen molar-refractivity contribution in [3.05, 3.63) is 11.9 Å². The first-order chi connectivity index (χ1) is 8.81. The molecule has 0 aromatic carbocycles.